The van der Waals surface area contributed by atoms with E-state index in [0.717, 1.165) is 18.2 Å². The van der Waals surface area contributed by atoms with Crippen molar-refractivity contribution in [2.45, 2.75) is 19.3 Å². The summed E-state index contributed by atoms with van der Waals surface area (Å²) in [6.07, 6.45) is -1.36. The van der Waals surface area contributed by atoms with Crippen LogP contribution in [0.5, 0.6) is 0 Å². The van der Waals surface area contributed by atoms with Gasteiger partial charge >= 0.3 is 12.2 Å². The van der Waals surface area contributed by atoms with Crippen LogP contribution >= 0.6 is 11.6 Å². The summed E-state index contributed by atoms with van der Waals surface area (Å²) in [4.78, 5) is 22.6. The van der Waals surface area contributed by atoms with Gasteiger partial charge in [-0.05, 0) is 42.5 Å². The number of carbonyl (C=O) groups excluding carboxylic acids is 1. The molecule has 5 nitrogen and oxygen atoms in total. The second-order valence-electron chi connectivity index (χ2n) is 6.12. The van der Waals surface area contributed by atoms with Gasteiger partial charge in [0.2, 0.25) is 0 Å². The maximum Gasteiger partial charge on any atom is 0.416 e. The largest absolute Gasteiger partial charge is 0.416 e. The molecule has 0 fully saturated rings. The first-order valence-corrected chi connectivity index (χ1v) is 8.93. The van der Waals surface area contributed by atoms with Gasteiger partial charge in [0, 0.05) is 12.4 Å². The fourth-order valence-electron chi connectivity index (χ4n) is 2.57. The summed E-state index contributed by atoms with van der Waals surface area (Å²) in [7, 11) is 0. The van der Waals surface area contributed by atoms with Gasteiger partial charge in [-0.25, -0.2) is 4.79 Å². The minimum atomic E-state index is -4.55. The summed E-state index contributed by atoms with van der Waals surface area (Å²) in [5, 5.41) is 2.46. The molecule has 2 amide bonds. The van der Waals surface area contributed by atoms with Crippen LogP contribution in [0.2, 0.25) is 5.02 Å². The summed E-state index contributed by atoms with van der Waals surface area (Å²) in [5.74, 6) is 0. The number of hydrogen-bond donors (Lipinski definition) is 1. The molecule has 0 atom stereocenters. The topological polar surface area (TPSA) is 58.1 Å². The lowest BCUT2D eigenvalue weighted by molar-refractivity contribution is -0.137. The average Bonchev–Trinajstić information content (AvgIpc) is 2.70. The molecule has 9 heteroatoms. The van der Waals surface area contributed by atoms with E-state index in [4.69, 9.17) is 11.6 Å². The van der Waals surface area contributed by atoms with E-state index in [0.29, 0.717) is 11.4 Å². The molecule has 29 heavy (non-hydrogen) atoms. The van der Waals surface area contributed by atoms with Gasteiger partial charge in [-0.3, -0.25) is 9.97 Å². The molecule has 0 bridgehead atoms. The Kier molecular flexibility index (Phi) is 6.33. The number of aromatic nitrogens is 2. The minimum Gasteiger partial charge on any atom is -0.313 e. The standard InChI is InChI=1S/C20H16ClF3N4O/c21-17-8-7-14(20(22,23)24)11-18(17)27-19(29)28(12-15-5-1-3-9-25-15)13-16-6-2-4-10-26-16/h1-11H,12-13H2,(H,27,29). The first kappa shape index (κ1) is 20.6. The Labute approximate surface area is 170 Å². The number of anilines is 1. The van der Waals surface area contributed by atoms with Crippen LogP contribution in [0, 0.1) is 0 Å². The number of nitrogens with zero attached hydrogens (tertiary/aromatic N) is 3. The normalized spacial score (nSPS) is 11.2. The van der Waals surface area contributed by atoms with Crippen molar-refractivity contribution >= 4 is 23.3 Å². The number of amides is 2. The molecule has 0 saturated carbocycles. The number of nitrogens with one attached hydrogen (secondary N) is 1. The Hall–Kier alpha value is -3.13. The molecule has 0 saturated heterocycles. The van der Waals surface area contributed by atoms with Crippen molar-refractivity contribution in [2.24, 2.45) is 0 Å². The Morgan fingerprint density at radius 3 is 2.03 bits per heavy atom. The molecule has 1 N–H and O–H groups in total. The molecule has 0 spiro atoms. The van der Waals surface area contributed by atoms with Crippen molar-refractivity contribution in [1.29, 1.82) is 0 Å². The van der Waals surface area contributed by atoms with Crippen LogP contribution in [-0.4, -0.2) is 20.9 Å². The number of benzene rings is 1. The fraction of sp³-hybridized carbons (Fsp3) is 0.150. The zero-order valence-electron chi connectivity index (χ0n) is 15.0. The van der Waals surface area contributed by atoms with Gasteiger partial charge < -0.3 is 10.2 Å². The number of hydrogen-bond acceptors (Lipinski definition) is 3. The van der Waals surface area contributed by atoms with Gasteiger partial charge in [-0.2, -0.15) is 13.2 Å². The predicted molar refractivity (Wildman–Crippen MR) is 103 cm³/mol. The van der Waals surface area contributed by atoms with E-state index in [9.17, 15) is 18.0 Å². The molecular weight excluding hydrogens is 405 g/mol. The SMILES string of the molecule is O=C(Nc1cc(C(F)(F)F)ccc1Cl)N(Cc1ccccn1)Cc1ccccn1. The van der Waals surface area contributed by atoms with Gasteiger partial charge in [-0.1, -0.05) is 23.7 Å². The highest BCUT2D eigenvalue weighted by molar-refractivity contribution is 6.33. The molecule has 1 aromatic carbocycles. The zero-order chi connectivity index (χ0) is 20.9. The lowest BCUT2D eigenvalue weighted by Crippen LogP contribution is -2.34. The monoisotopic (exact) mass is 420 g/mol. The maximum atomic E-state index is 13.0. The van der Waals surface area contributed by atoms with Crippen LogP contribution in [0.15, 0.2) is 67.0 Å². The van der Waals surface area contributed by atoms with Gasteiger partial charge in [0.25, 0.3) is 0 Å². The highest BCUT2D eigenvalue weighted by Crippen LogP contribution is 2.34. The van der Waals surface area contributed by atoms with E-state index in [-0.39, 0.29) is 23.8 Å². The second-order valence-corrected chi connectivity index (χ2v) is 6.53. The first-order valence-electron chi connectivity index (χ1n) is 8.55. The van der Waals surface area contributed by atoms with Crippen LogP contribution in [0.3, 0.4) is 0 Å². The highest BCUT2D eigenvalue weighted by Gasteiger charge is 2.31. The quantitative estimate of drug-likeness (QED) is 0.602. The maximum absolute atomic E-state index is 13.0. The number of urea groups is 1. The van der Waals surface area contributed by atoms with Crippen molar-refractivity contribution in [3.05, 3.63) is 89.0 Å². The molecule has 2 heterocycles. The summed E-state index contributed by atoms with van der Waals surface area (Å²) < 4.78 is 39.0. The summed E-state index contributed by atoms with van der Waals surface area (Å²) in [6.45, 7) is 0.277. The number of alkyl halides is 3. The molecule has 150 valence electrons. The zero-order valence-corrected chi connectivity index (χ0v) is 15.8. The molecule has 2 aromatic heterocycles. The van der Waals surface area contributed by atoms with Crippen LogP contribution in [0.1, 0.15) is 17.0 Å². The molecule has 0 aliphatic rings. The van der Waals surface area contributed by atoms with Crippen molar-refractivity contribution in [1.82, 2.24) is 14.9 Å². The third-order valence-corrected chi connectivity index (χ3v) is 4.31. The van der Waals surface area contributed by atoms with E-state index < -0.39 is 17.8 Å². The van der Waals surface area contributed by atoms with Crippen molar-refractivity contribution in [3.8, 4) is 0 Å². The summed E-state index contributed by atoms with van der Waals surface area (Å²) in [5.41, 5.74) is 0.208. The average molecular weight is 421 g/mol. The molecule has 0 unspecified atom stereocenters. The predicted octanol–water partition coefficient (Wildman–Crippen LogP) is 5.38. The van der Waals surface area contributed by atoms with Gasteiger partial charge in [-0.15, -0.1) is 0 Å². The molecule has 0 aliphatic carbocycles. The van der Waals surface area contributed by atoms with Gasteiger partial charge in [0.1, 0.15) is 0 Å². The van der Waals surface area contributed by atoms with Gasteiger partial charge in [0.15, 0.2) is 0 Å². The third-order valence-electron chi connectivity index (χ3n) is 3.98. The lowest BCUT2D eigenvalue weighted by atomic mass is 10.2. The van der Waals surface area contributed by atoms with Crippen molar-refractivity contribution in [2.75, 3.05) is 5.32 Å². The number of halogens is 4. The molecule has 0 aliphatic heterocycles. The fourth-order valence-corrected chi connectivity index (χ4v) is 2.73. The molecule has 3 rings (SSSR count). The molecular formula is C20H16ClF3N4O. The highest BCUT2D eigenvalue weighted by atomic mass is 35.5. The molecule has 3 aromatic rings. The number of rotatable bonds is 5. The third kappa shape index (κ3) is 5.68. The number of pyridine rings is 2. The Morgan fingerprint density at radius 1 is 0.966 bits per heavy atom. The van der Waals surface area contributed by atoms with Crippen molar-refractivity contribution in [3.63, 3.8) is 0 Å². The number of carbonyl (C=O) groups is 1. The molecule has 0 radical (unpaired) electrons. The van der Waals surface area contributed by atoms with E-state index in [1.165, 1.54) is 4.90 Å². The Morgan fingerprint density at radius 2 is 1.55 bits per heavy atom. The van der Waals surface area contributed by atoms with E-state index in [1.54, 1.807) is 48.8 Å². The van der Waals surface area contributed by atoms with Crippen LogP contribution < -0.4 is 5.32 Å². The van der Waals surface area contributed by atoms with Crippen LogP contribution in [0.25, 0.3) is 0 Å². The lowest BCUT2D eigenvalue weighted by Gasteiger charge is -2.23. The smallest absolute Gasteiger partial charge is 0.313 e. The first-order chi connectivity index (χ1) is 13.8. The summed E-state index contributed by atoms with van der Waals surface area (Å²) in [6, 6.07) is 12.7. The van der Waals surface area contributed by atoms with Crippen LogP contribution in [0.4, 0.5) is 23.7 Å². The minimum absolute atomic E-state index is 0.00183. The van der Waals surface area contributed by atoms with E-state index in [1.807, 2.05) is 0 Å². The van der Waals surface area contributed by atoms with Crippen LogP contribution in [-0.2, 0) is 19.3 Å². The summed E-state index contributed by atoms with van der Waals surface area (Å²) >= 11 is 5.99. The van der Waals surface area contributed by atoms with E-state index >= 15 is 0 Å². The second kappa shape index (κ2) is 8.91. The van der Waals surface area contributed by atoms with E-state index in [2.05, 4.69) is 15.3 Å². The van der Waals surface area contributed by atoms with Gasteiger partial charge in [0.05, 0.1) is 40.8 Å². The Balaban J connectivity index is 1.84. The van der Waals surface area contributed by atoms with Crippen molar-refractivity contribution < 1.29 is 18.0 Å². The Bertz CT molecular complexity index is 927.